The minimum Gasteiger partial charge on any atom is -0.454 e. The molecule has 0 amide bonds. The molecule has 5 rings (SSSR count). The van der Waals surface area contributed by atoms with E-state index in [2.05, 4.69) is 0 Å². The lowest BCUT2D eigenvalue weighted by Crippen LogP contribution is -1.93. The van der Waals surface area contributed by atoms with Crippen molar-refractivity contribution in [2.24, 2.45) is 6.66 Å². The van der Waals surface area contributed by atoms with Gasteiger partial charge in [-0.05, 0) is 37.1 Å². The zero-order chi connectivity index (χ0) is 16.4. The molecule has 2 aromatic carbocycles. The molecule has 0 fully saturated rings. The van der Waals surface area contributed by atoms with Crippen molar-refractivity contribution in [1.29, 1.82) is 0 Å². The third-order valence-electron chi connectivity index (χ3n) is 4.29. The second kappa shape index (κ2) is 4.77. The van der Waals surface area contributed by atoms with Gasteiger partial charge in [0.25, 0.3) is 0 Å². The molecule has 2 aliphatic heterocycles. The van der Waals surface area contributed by atoms with Gasteiger partial charge in [-0.2, -0.15) is 0 Å². The van der Waals surface area contributed by atoms with E-state index in [-0.39, 0.29) is 13.6 Å². The van der Waals surface area contributed by atoms with Crippen LogP contribution < -0.4 is 18.9 Å². The highest BCUT2D eigenvalue weighted by Gasteiger charge is 2.28. The summed E-state index contributed by atoms with van der Waals surface area (Å²) in [6.45, 7) is 6.29. The van der Waals surface area contributed by atoms with Crippen LogP contribution in [-0.2, 0) is 6.66 Å². The summed E-state index contributed by atoms with van der Waals surface area (Å²) in [5, 5.41) is 1.63. The lowest BCUT2D eigenvalue weighted by molar-refractivity contribution is 0.174. The van der Waals surface area contributed by atoms with E-state index in [1.807, 2.05) is 32.6 Å². The summed E-state index contributed by atoms with van der Waals surface area (Å²) in [5.41, 5.74) is 3.42. The molecular formula is C17H15O6P. The summed E-state index contributed by atoms with van der Waals surface area (Å²) in [5.74, 6) is 2.73. The predicted octanol–water partition coefficient (Wildman–Crippen LogP) is 4.90. The number of benzene rings is 2. The normalized spacial score (nSPS) is 14.6. The van der Waals surface area contributed by atoms with Crippen molar-refractivity contribution < 1.29 is 27.3 Å². The monoisotopic (exact) mass is 346 g/mol. The average Bonchev–Trinajstić information content (AvgIpc) is 3.15. The van der Waals surface area contributed by atoms with Crippen LogP contribution in [0.1, 0.15) is 11.1 Å². The van der Waals surface area contributed by atoms with Crippen molar-refractivity contribution in [3.63, 3.8) is 0 Å². The second-order valence-electron chi connectivity index (χ2n) is 5.89. The van der Waals surface area contributed by atoms with E-state index in [0.717, 1.165) is 33.1 Å². The van der Waals surface area contributed by atoms with Crippen molar-refractivity contribution >= 4 is 30.0 Å². The molecule has 0 atom stereocenters. The van der Waals surface area contributed by atoms with Crippen LogP contribution in [0.2, 0.25) is 0 Å². The van der Waals surface area contributed by atoms with Gasteiger partial charge in [0.2, 0.25) is 21.6 Å². The summed E-state index contributed by atoms with van der Waals surface area (Å²) in [7, 11) is -1.13. The van der Waals surface area contributed by atoms with Gasteiger partial charge in [0, 0.05) is 6.66 Å². The molecule has 1 aromatic heterocycles. The van der Waals surface area contributed by atoms with E-state index in [1.54, 1.807) is 0 Å². The molecule has 0 bridgehead atoms. The van der Waals surface area contributed by atoms with Gasteiger partial charge in [-0.15, -0.1) is 0 Å². The third kappa shape index (κ3) is 1.77. The van der Waals surface area contributed by atoms with Crippen molar-refractivity contribution in [1.82, 2.24) is 0 Å². The van der Waals surface area contributed by atoms with Crippen molar-refractivity contribution in [3.05, 3.63) is 23.3 Å². The standard InChI is InChI=1S/C17H15O6P/c1-8-4-10-16(20-6-18-10)12-13-15(23-24(3)22-14(8)12)9(2)5-11-17(13)21-7-19-11/h4-5H,6-7H2,1-3H3. The molecule has 3 heterocycles. The van der Waals surface area contributed by atoms with Crippen LogP contribution in [0.5, 0.6) is 23.0 Å². The Morgan fingerprint density at radius 2 is 1.21 bits per heavy atom. The topological polar surface area (TPSA) is 63.2 Å². The minimum atomic E-state index is -1.13. The highest BCUT2D eigenvalue weighted by atomic mass is 31.1. The van der Waals surface area contributed by atoms with Crippen molar-refractivity contribution in [3.8, 4) is 23.0 Å². The van der Waals surface area contributed by atoms with E-state index in [9.17, 15) is 0 Å². The zero-order valence-corrected chi connectivity index (χ0v) is 14.4. The molecule has 0 unspecified atom stereocenters. The summed E-state index contributed by atoms with van der Waals surface area (Å²) in [6.07, 6.45) is 0. The molecule has 6 nitrogen and oxygen atoms in total. The van der Waals surface area contributed by atoms with Gasteiger partial charge in [0.1, 0.15) is 11.2 Å². The Morgan fingerprint density at radius 1 is 0.750 bits per heavy atom. The van der Waals surface area contributed by atoms with E-state index >= 15 is 0 Å². The van der Waals surface area contributed by atoms with E-state index in [1.165, 1.54) is 0 Å². The highest BCUT2D eigenvalue weighted by molar-refractivity contribution is 7.35. The maximum absolute atomic E-state index is 6.12. The van der Waals surface area contributed by atoms with Crippen LogP contribution in [0, 0.1) is 13.8 Å². The van der Waals surface area contributed by atoms with Gasteiger partial charge >= 0.3 is 0 Å². The predicted molar refractivity (Wildman–Crippen MR) is 89.0 cm³/mol. The van der Waals surface area contributed by atoms with E-state index in [0.29, 0.717) is 23.0 Å². The molecule has 0 saturated heterocycles. The van der Waals surface area contributed by atoms with Crippen LogP contribution in [0.15, 0.2) is 20.5 Å². The van der Waals surface area contributed by atoms with Gasteiger partial charge in [-0.1, -0.05) is 0 Å². The Bertz CT molecular complexity index is 970. The molecular weight excluding hydrogens is 331 g/mol. The molecule has 24 heavy (non-hydrogen) atoms. The molecule has 124 valence electrons. The Balaban J connectivity index is 2.15. The largest absolute Gasteiger partial charge is 0.454 e. The number of rotatable bonds is 0. The number of fused-ring (bicyclic) bond motifs is 7. The molecule has 0 spiro atoms. The smallest absolute Gasteiger partial charge is 0.231 e. The molecule has 0 saturated carbocycles. The van der Waals surface area contributed by atoms with E-state index in [4.69, 9.17) is 27.3 Å². The molecule has 7 heteroatoms. The fourth-order valence-electron chi connectivity index (χ4n) is 3.27. The van der Waals surface area contributed by atoms with Crippen LogP contribution in [0.25, 0.3) is 21.9 Å². The van der Waals surface area contributed by atoms with E-state index < -0.39 is 8.01 Å². The summed E-state index contributed by atoms with van der Waals surface area (Å²) in [4.78, 5) is 0. The van der Waals surface area contributed by atoms with Crippen molar-refractivity contribution in [2.75, 3.05) is 13.6 Å². The van der Waals surface area contributed by atoms with Gasteiger partial charge in [0.05, 0.1) is 10.8 Å². The van der Waals surface area contributed by atoms with Gasteiger partial charge in [-0.25, -0.2) is 0 Å². The Labute approximate surface area is 138 Å². The number of hydrogen-bond donors (Lipinski definition) is 0. The second-order valence-corrected chi connectivity index (χ2v) is 7.13. The van der Waals surface area contributed by atoms with Crippen LogP contribution in [0.3, 0.4) is 0 Å². The summed E-state index contributed by atoms with van der Waals surface area (Å²) in [6, 6.07) is 3.87. The van der Waals surface area contributed by atoms with Crippen molar-refractivity contribution in [2.45, 2.75) is 13.8 Å². The van der Waals surface area contributed by atoms with Crippen LogP contribution in [0.4, 0.5) is 0 Å². The van der Waals surface area contributed by atoms with Gasteiger partial charge in [-0.3, -0.25) is 0 Å². The first-order valence-corrected chi connectivity index (χ1v) is 9.22. The van der Waals surface area contributed by atoms with Crippen LogP contribution >= 0.6 is 8.01 Å². The Hall–Kier alpha value is -2.46. The highest BCUT2D eigenvalue weighted by Crippen LogP contribution is 2.51. The molecule has 0 N–H and O–H groups in total. The molecule has 0 radical (unpaired) electrons. The first-order chi connectivity index (χ1) is 11.6. The van der Waals surface area contributed by atoms with Gasteiger partial charge in [0.15, 0.2) is 23.0 Å². The molecule has 3 aromatic rings. The van der Waals surface area contributed by atoms with Gasteiger partial charge < -0.3 is 27.3 Å². The first-order valence-electron chi connectivity index (χ1n) is 7.60. The Kier molecular flexibility index (Phi) is 2.77. The quantitative estimate of drug-likeness (QED) is 0.577. The minimum absolute atomic E-state index is 0.188. The number of hydrogen-bond acceptors (Lipinski definition) is 6. The maximum Gasteiger partial charge on any atom is 0.231 e. The third-order valence-corrected chi connectivity index (χ3v) is 5.17. The fraction of sp³-hybridized carbons (Fsp3) is 0.294. The average molecular weight is 346 g/mol. The molecule has 0 aliphatic carbocycles. The van der Waals surface area contributed by atoms with Crippen LogP contribution in [-0.4, -0.2) is 13.6 Å². The lowest BCUT2D eigenvalue weighted by atomic mass is 10.0. The SMILES string of the molecule is Cc1cc2c(c3c1op(C)oc1c(C)cc4c(c13)OCO4)OCO2. The molecule has 2 aliphatic rings. The lowest BCUT2D eigenvalue weighted by Gasteiger charge is -2.07. The maximum atomic E-state index is 6.12. The summed E-state index contributed by atoms with van der Waals surface area (Å²) < 4.78 is 34.9. The number of aryl methyl sites for hydroxylation is 3. The first kappa shape index (κ1) is 13.9. The fourth-order valence-corrected chi connectivity index (χ4v) is 4.29. The Morgan fingerprint density at radius 3 is 1.67 bits per heavy atom. The zero-order valence-electron chi connectivity index (χ0n) is 13.5. The summed E-state index contributed by atoms with van der Waals surface area (Å²) >= 11 is 0. The number of ether oxygens (including phenoxy) is 4.